The highest BCUT2D eigenvalue weighted by Gasteiger charge is 2.38. The molecule has 2 unspecified atom stereocenters. The van der Waals surface area contributed by atoms with Gasteiger partial charge in [0.2, 0.25) is 0 Å². The summed E-state index contributed by atoms with van der Waals surface area (Å²) in [5.74, 6) is 0.596. The van der Waals surface area contributed by atoms with Crippen LogP contribution in [0.1, 0.15) is 45.4 Å². The quantitative estimate of drug-likeness (QED) is 0.772. The zero-order valence-corrected chi connectivity index (χ0v) is 12.2. The van der Waals surface area contributed by atoms with Crippen LogP contribution in [-0.4, -0.2) is 49.7 Å². The van der Waals surface area contributed by atoms with E-state index in [1.54, 1.807) is 0 Å². The van der Waals surface area contributed by atoms with Crippen LogP contribution in [0.4, 0.5) is 0 Å². The van der Waals surface area contributed by atoms with Gasteiger partial charge < -0.3 is 19.9 Å². The minimum atomic E-state index is 0.0762. The number of nitrogens with one attached hydrogen (secondary N) is 1. The molecule has 0 bridgehead atoms. The normalized spacial score (nSPS) is 28.4. The second kappa shape index (κ2) is 7.58. The number of hydrogen-bond donors (Lipinski definition) is 2. The van der Waals surface area contributed by atoms with Crippen molar-refractivity contribution in [2.45, 2.75) is 57.1 Å². The van der Waals surface area contributed by atoms with Crippen LogP contribution in [0.5, 0.6) is 0 Å². The lowest BCUT2D eigenvalue weighted by Crippen LogP contribution is -2.50. The number of aliphatic hydroxyl groups excluding tert-OH is 1. The van der Waals surface area contributed by atoms with Gasteiger partial charge in [0.15, 0.2) is 0 Å². The van der Waals surface area contributed by atoms with Gasteiger partial charge >= 0.3 is 0 Å². The summed E-state index contributed by atoms with van der Waals surface area (Å²) in [5, 5.41) is 12.7. The van der Waals surface area contributed by atoms with Crippen LogP contribution in [0.25, 0.3) is 0 Å². The molecule has 2 N–H and O–H groups in total. The Morgan fingerprint density at radius 2 is 2.11 bits per heavy atom. The molecule has 0 saturated carbocycles. The van der Waals surface area contributed by atoms with E-state index in [0.717, 1.165) is 64.9 Å². The molecule has 2 aliphatic heterocycles. The number of ether oxygens (including phenoxy) is 2. The first-order chi connectivity index (χ1) is 9.28. The Balaban J connectivity index is 1.77. The minimum absolute atomic E-state index is 0.0762. The second-order valence-electron chi connectivity index (χ2n) is 6.03. The Morgan fingerprint density at radius 3 is 2.79 bits per heavy atom. The van der Waals surface area contributed by atoms with Crippen LogP contribution < -0.4 is 5.32 Å². The lowest BCUT2D eigenvalue weighted by atomic mass is 9.84. The SMILES string of the molecule is CCC(CCO)CNC1CCOC2(CCOCC2)C1. The highest BCUT2D eigenvalue weighted by atomic mass is 16.5. The van der Waals surface area contributed by atoms with Crippen molar-refractivity contribution < 1.29 is 14.6 Å². The molecule has 2 heterocycles. The monoisotopic (exact) mass is 271 g/mol. The fourth-order valence-electron chi connectivity index (χ4n) is 3.26. The first-order valence-electron chi connectivity index (χ1n) is 7.84. The van der Waals surface area contributed by atoms with E-state index in [1.807, 2.05) is 0 Å². The van der Waals surface area contributed by atoms with Gasteiger partial charge in [0.25, 0.3) is 0 Å². The predicted octanol–water partition coefficient (Wildman–Crippen LogP) is 1.71. The second-order valence-corrected chi connectivity index (χ2v) is 6.03. The Bertz CT molecular complexity index is 248. The van der Waals surface area contributed by atoms with Crippen molar-refractivity contribution in [3.63, 3.8) is 0 Å². The molecular formula is C15H29NO3. The maximum absolute atomic E-state index is 9.04. The van der Waals surface area contributed by atoms with Gasteiger partial charge in [0.05, 0.1) is 5.60 Å². The zero-order chi connectivity index (χ0) is 13.6. The molecule has 0 amide bonds. The molecule has 0 aromatic heterocycles. The summed E-state index contributed by atoms with van der Waals surface area (Å²) in [4.78, 5) is 0. The van der Waals surface area contributed by atoms with Crippen molar-refractivity contribution in [2.24, 2.45) is 5.92 Å². The van der Waals surface area contributed by atoms with Crippen molar-refractivity contribution in [3.8, 4) is 0 Å². The van der Waals surface area contributed by atoms with E-state index in [0.29, 0.717) is 18.6 Å². The van der Waals surface area contributed by atoms with Crippen LogP contribution in [-0.2, 0) is 9.47 Å². The van der Waals surface area contributed by atoms with E-state index in [2.05, 4.69) is 12.2 Å². The van der Waals surface area contributed by atoms with Crippen LogP contribution in [0.15, 0.2) is 0 Å². The average Bonchev–Trinajstić information content (AvgIpc) is 2.44. The van der Waals surface area contributed by atoms with E-state index in [1.165, 1.54) is 0 Å². The fourth-order valence-corrected chi connectivity index (χ4v) is 3.26. The Morgan fingerprint density at radius 1 is 1.32 bits per heavy atom. The smallest absolute Gasteiger partial charge is 0.0741 e. The van der Waals surface area contributed by atoms with Crippen molar-refractivity contribution in [2.75, 3.05) is 33.0 Å². The summed E-state index contributed by atoms with van der Waals surface area (Å²) in [6.45, 7) is 6.08. The van der Waals surface area contributed by atoms with E-state index in [-0.39, 0.29) is 5.60 Å². The molecule has 2 fully saturated rings. The molecule has 2 aliphatic rings. The summed E-state index contributed by atoms with van der Waals surface area (Å²) < 4.78 is 11.5. The Labute approximate surface area is 116 Å². The number of rotatable bonds is 6. The van der Waals surface area contributed by atoms with Crippen LogP contribution in [0.3, 0.4) is 0 Å². The summed E-state index contributed by atoms with van der Waals surface area (Å²) in [6.07, 6.45) is 6.35. The van der Waals surface area contributed by atoms with Crippen molar-refractivity contribution in [1.29, 1.82) is 0 Å². The lowest BCUT2D eigenvalue weighted by Gasteiger charge is -2.43. The Hall–Kier alpha value is -0.160. The molecule has 0 aliphatic carbocycles. The van der Waals surface area contributed by atoms with Gasteiger partial charge in [0, 0.05) is 32.5 Å². The molecular weight excluding hydrogens is 242 g/mol. The van der Waals surface area contributed by atoms with Gasteiger partial charge in [-0.3, -0.25) is 0 Å². The van der Waals surface area contributed by atoms with Gasteiger partial charge in [-0.05, 0) is 44.6 Å². The van der Waals surface area contributed by atoms with E-state index in [9.17, 15) is 0 Å². The summed E-state index contributed by atoms with van der Waals surface area (Å²) >= 11 is 0. The molecule has 4 heteroatoms. The largest absolute Gasteiger partial charge is 0.396 e. The first-order valence-corrected chi connectivity index (χ1v) is 7.84. The predicted molar refractivity (Wildman–Crippen MR) is 75.2 cm³/mol. The standard InChI is InChI=1S/C15H29NO3/c1-2-13(3-7-17)12-16-14-4-8-19-15(11-14)5-9-18-10-6-15/h13-14,16-17H,2-12H2,1H3. The third-order valence-electron chi connectivity index (χ3n) is 4.71. The summed E-state index contributed by atoms with van der Waals surface area (Å²) in [7, 11) is 0. The highest BCUT2D eigenvalue weighted by Crippen LogP contribution is 2.34. The van der Waals surface area contributed by atoms with Gasteiger partial charge in [-0.1, -0.05) is 13.3 Å². The molecule has 4 nitrogen and oxygen atoms in total. The molecule has 2 atom stereocenters. The molecule has 2 rings (SSSR count). The van der Waals surface area contributed by atoms with Gasteiger partial charge in [0.1, 0.15) is 0 Å². The van der Waals surface area contributed by atoms with E-state index in [4.69, 9.17) is 14.6 Å². The molecule has 2 saturated heterocycles. The molecule has 0 aromatic carbocycles. The Kier molecular flexibility index (Phi) is 6.07. The molecule has 19 heavy (non-hydrogen) atoms. The molecule has 0 radical (unpaired) electrons. The third-order valence-corrected chi connectivity index (χ3v) is 4.71. The van der Waals surface area contributed by atoms with Gasteiger partial charge in [-0.15, -0.1) is 0 Å². The maximum atomic E-state index is 9.04. The summed E-state index contributed by atoms with van der Waals surface area (Å²) in [6, 6.07) is 0.569. The van der Waals surface area contributed by atoms with Gasteiger partial charge in [-0.25, -0.2) is 0 Å². The lowest BCUT2D eigenvalue weighted by molar-refractivity contribution is -0.140. The maximum Gasteiger partial charge on any atom is 0.0741 e. The molecule has 0 aromatic rings. The molecule has 1 spiro atoms. The van der Waals surface area contributed by atoms with E-state index < -0.39 is 0 Å². The third kappa shape index (κ3) is 4.42. The molecule has 112 valence electrons. The van der Waals surface area contributed by atoms with Crippen LogP contribution >= 0.6 is 0 Å². The van der Waals surface area contributed by atoms with Crippen LogP contribution in [0.2, 0.25) is 0 Å². The zero-order valence-electron chi connectivity index (χ0n) is 12.2. The highest BCUT2D eigenvalue weighted by molar-refractivity contribution is 4.91. The summed E-state index contributed by atoms with van der Waals surface area (Å²) in [5.41, 5.74) is 0.0762. The van der Waals surface area contributed by atoms with E-state index >= 15 is 0 Å². The van der Waals surface area contributed by atoms with Crippen molar-refractivity contribution in [1.82, 2.24) is 5.32 Å². The number of hydrogen-bond acceptors (Lipinski definition) is 4. The average molecular weight is 271 g/mol. The number of aliphatic hydroxyl groups is 1. The minimum Gasteiger partial charge on any atom is -0.396 e. The topological polar surface area (TPSA) is 50.7 Å². The first kappa shape index (κ1) is 15.2. The van der Waals surface area contributed by atoms with Gasteiger partial charge in [-0.2, -0.15) is 0 Å². The fraction of sp³-hybridized carbons (Fsp3) is 1.00. The van der Waals surface area contributed by atoms with Crippen molar-refractivity contribution >= 4 is 0 Å². The van der Waals surface area contributed by atoms with Crippen LogP contribution in [0, 0.1) is 5.92 Å². The van der Waals surface area contributed by atoms with Crippen molar-refractivity contribution in [3.05, 3.63) is 0 Å².